The van der Waals surface area contributed by atoms with Crippen LogP contribution in [-0.2, 0) is 9.47 Å². The van der Waals surface area contributed by atoms with Gasteiger partial charge in [0.2, 0.25) is 0 Å². The van der Waals surface area contributed by atoms with E-state index in [-0.39, 0.29) is 6.61 Å². The summed E-state index contributed by atoms with van der Waals surface area (Å²) in [5, 5.41) is 9.10. The van der Waals surface area contributed by atoms with Gasteiger partial charge < -0.3 is 14.6 Å². The van der Waals surface area contributed by atoms with Crippen molar-refractivity contribution in [2.75, 3.05) is 20.8 Å². The minimum Gasteiger partial charge on any atom is -0.497 e. The summed E-state index contributed by atoms with van der Waals surface area (Å²) in [5.41, 5.74) is -0.583. The quantitative estimate of drug-likeness (QED) is 0.682. The number of allylic oxidation sites excluding steroid dienone is 1. The van der Waals surface area contributed by atoms with Crippen LogP contribution in [0.2, 0.25) is 0 Å². The van der Waals surface area contributed by atoms with E-state index in [4.69, 9.17) is 14.6 Å². The molecule has 0 saturated carbocycles. The molecule has 0 aliphatic heterocycles. The number of hydrogen-bond acceptors (Lipinski definition) is 3. The molecule has 12 heavy (non-hydrogen) atoms. The van der Waals surface area contributed by atoms with Gasteiger partial charge in [0, 0.05) is 13.5 Å². The average molecular weight is 170 g/mol. The van der Waals surface area contributed by atoms with Gasteiger partial charge in [-0.2, -0.15) is 0 Å². The van der Waals surface area contributed by atoms with Crippen molar-refractivity contribution in [3.05, 3.63) is 24.0 Å². The van der Waals surface area contributed by atoms with Gasteiger partial charge in [-0.25, -0.2) is 0 Å². The van der Waals surface area contributed by atoms with Crippen LogP contribution in [0.5, 0.6) is 0 Å². The first-order valence-corrected chi connectivity index (χ1v) is 3.86. The van der Waals surface area contributed by atoms with Crippen molar-refractivity contribution in [3.63, 3.8) is 0 Å². The lowest BCUT2D eigenvalue weighted by Crippen LogP contribution is -2.34. The number of rotatable bonds is 3. The van der Waals surface area contributed by atoms with Gasteiger partial charge in [0.05, 0.1) is 13.7 Å². The van der Waals surface area contributed by atoms with E-state index in [1.165, 1.54) is 0 Å². The normalized spacial score (nSPS) is 28.4. The predicted molar refractivity (Wildman–Crippen MR) is 45.7 cm³/mol. The maximum absolute atomic E-state index is 9.10. The Hall–Kier alpha value is -0.800. The molecule has 0 aromatic heterocycles. The van der Waals surface area contributed by atoms with Gasteiger partial charge in [0.15, 0.2) is 0 Å². The molecule has 0 radical (unpaired) electrons. The van der Waals surface area contributed by atoms with E-state index in [1.807, 2.05) is 12.2 Å². The molecule has 0 saturated heterocycles. The maximum Gasteiger partial charge on any atom is 0.117 e. The fourth-order valence-corrected chi connectivity index (χ4v) is 1.18. The highest BCUT2D eigenvalue weighted by molar-refractivity contribution is 5.24. The Kier molecular flexibility index (Phi) is 2.89. The van der Waals surface area contributed by atoms with E-state index in [2.05, 4.69) is 0 Å². The van der Waals surface area contributed by atoms with Crippen LogP contribution in [-0.4, -0.2) is 31.5 Å². The molecule has 0 aromatic carbocycles. The SMILES string of the molecule is COC1=CC(CO)(OC)CC=C1. The van der Waals surface area contributed by atoms with Gasteiger partial charge in [-0.1, -0.05) is 6.08 Å². The second-order valence-electron chi connectivity index (χ2n) is 2.78. The van der Waals surface area contributed by atoms with Gasteiger partial charge in [-0.05, 0) is 12.2 Å². The molecule has 1 aliphatic carbocycles. The highest BCUT2D eigenvalue weighted by Crippen LogP contribution is 2.24. The van der Waals surface area contributed by atoms with Crippen molar-refractivity contribution in [2.24, 2.45) is 0 Å². The summed E-state index contributed by atoms with van der Waals surface area (Å²) in [6.45, 7) is -0.0271. The zero-order valence-corrected chi connectivity index (χ0v) is 7.41. The van der Waals surface area contributed by atoms with Gasteiger partial charge in [-0.15, -0.1) is 0 Å². The summed E-state index contributed by atoms with van der Waals surface area (Å²) in [6.07, 6.45) is 6.28. The van der Waals surface area contributed by atoms with Crippen LogP contribution in [0.25, 0.3) is 0 Å². The van der Waals surface area contributed by atoms with Gasteiger partial charge in [0.1, 0.15) is 11.4 Å². The largest absolute Gasteiger partial charge is 0.497 e. The summed E-state index contributed by atoms with van der Waals surface area (Å²) < 4.78 is 10.2. The topological polar surface area (TPSA) is 38.7 Å². The first-order valence-electron chi connectivity index (χ1n) is 3.86. The van der Waals surface area contributed by atoms with Crippen molar-refractivity contribution in [2.45, 2.75) is 12.0 Å². The molecule has 3 heteroatoms. The Morgan fingerprint density at radius 2 is 2.33 bits per heavy atom. The monoisotopic (exact) mass is 170 g/mol. The van der Waals surface area contributed by atoms with Crippen LogP contribution in [0.3, 0.4) is 0 Å². The summed E-state index contributed by atoms with van der Waals surface area (Å²) in [7, 11) is 3.18. The highest BCUT2D eigenvalue weighted by atomic mass is 16.5. The summed E-state index contributed by atoms with van der Waals surface area (Å²) in [6, 6.07) is 0. The van der Waals surface area contributed by atoms with Crippen LogP contribution in [0.15, 0.2) is 24.0 Å². The maximum atomic E-state index is 9.10. The Morgan fingerprint density at radius 3 is 2.83 bits per heavy atom. The summed E-state index contributed by atoms with van der Waals surface area (Å²) >= 11 is 0. The van der Waals surface area contributed by atoms with Crippen LogP contribution in [0.4, 0.5) is 0 Å². The average Bonchev–Trinajstić information content (AvgIpc) is 2.18. The van der Waals surface area contributed by atoms with E-state index in [0.717, 1.165) is 5.76 Å². The van der Waals surface area contributed by atoms with Crippen LogP contribution >= 0.6 is 0 Å². The van der Waals surface area contributed by atoms with Crippen LogP contribution < -0.4 is 0 Å². The molecule has 0 aromatic rings. The Balaban J connectivity index is 2.80. The Bertz CT molecular complexity index is 202. The Morgan fingerprint density at radius 1 is 1.58 bits per heavy atom. The molecule has 68 valence electrons. The molecular formula is C9H14O3. The third-order valence-electron chi connectivity index (χ3n) is 2.06. The van der Waals surface area contributed by atoms with E-state index < -0.39 is 5.60 Å². The van der Waals surface area contributed by atoms with Crippen molar-refractivity contribution < 1.29 is 14.6 Å². The molecule has 0 bridgehead atoms. The van der Waals surface area contributed by atoms with Crippen molar-refractivity contribution in [1.82, 2.24) is 0 Å². The van der Waals surface area contributed by atoms with E-state index in [1.54, 1.807) is 20.3 Å². The second kappa shape index (κ2) is 3.74. The molecule has 0 fully saturated rings. The zero-order chi connectivity index (χ0) is 9.03. The predicted octanol–water partition coefficient (Wildman–Crippen LogP) is 0.854. The lowest BCUT2D eigenvalue weighted by Gasteiger charge is -2.28. The number of ether oxygens (including phenoxy) is 2. The number of hydrogen-bond donors (Lipinski definition) is 1. The minimum atomic E-state index is -0.583. The molecule has 3 nitrogen and oxygen atoms in total. The second-order valence-corrected chi connectivity index (χ2v) is 2.78. The zero-order valence-electron chi connectivity index (χ0n) is 7.41. The van der Waals surface area contributed by atoms with Gasteiger partial charge in [0.25, 0.3) is 0 Å². The first kappa shape index (κ1) is 9.29. The van der Waals surface area contributed by atoms with Crippen LogP contribution in [0.1, 0.15) is 6.42 Å². The van der Waals surface area contributed by atoms with E-state index in [0.29, 0.717) is 6.42 Å². The summed E-state index contributed by atoms with van der Waals surface area (Å²) in [4.78, 5) is 0. The molecule has 1 unspecified atom stereocenters. The smallest absolute Gasteiger partial charge is 0.117 e. The van der Waals surface area contributed by atoms with Crippen molar-refractivity contribution in [1.29, 1.82) is 0 Å². The van der Waals surface area contributed by atoms with Crippen molar-refractivity contribution >= 4 is 0 Å². The number of methoxy groups -OCH3 is 2. The van der Waals surface area contributed by atoms with E-state index >= 15 is 0 Å². The molecule has 1 rings (SSSR count). The Labute approximate surface area is 72.3 Å². The third kappa shape index (κ3) is 1.68. The lowest BCUT2D eigenvalue weighted by atomic mass is 9.95. The highest BCUT2D eigenvalue weighted by Gasteiger charge is 2.27. The van der Waals surface area contributed by atoms with E-state index in [9.17, 15) is 0 Å². The fraction of sp³-hybridized carbons (Fsp3) is 0.556. The van der Waals surface area contributed by atoms with Gasteiger partial charge >= 0.3 is 0 Å². The molecule has 1 aliphatic rings. The van der Waals surface area contributed by atoms with Gasteiger partial charge in [-0.3, -0.25) is 0 Å². The molecule has 1 N–H and O–H groups in total. The van der Waals surface area contributed by atoms with Crippen LogP contribution in [0, 0.1) is 0 Å². The standard InChI is InChI=1S/C9H14O3/c1-11-8-4-3-5-9(6-8,7-10)12-2/h3-4,6,10H,5,7H2,1-2H3. The third-order valence-corrected chi connectivity index (χ3v) is 2.06. The molecule has 0 spiro atoms. The fourth-order valence-electron chi connectivity index (χ4n) is 1.18. The molecular weight excluding hydrogens is 156 g/mol. The lowest BCUT2D eigenvalue weighted by molar-refractivity contribution is -0.0153. The van der Waals surface area contributed by atoms with Crippen molar-refractivity contribution in [3.8, 4) is 0 Å². The minimum absolute atomic E-state index is 0.0271. The number of aliphatic hydroxyl groups excluding tert-OH is 1. The number of aliphatic hydroxyl groups is 1. The molecule has 0 heterocycles. The molecule has 1 atom stereocenters. The summed E-state index contributed by atoms with van der Waals surface area (Å²) in [5.74, 6) is 0.733. The molecule has 0 amide bonds. The first-order chi connectivity index (χ1) is 5.76.